The van der Waals surface area contributed by atoms with Crippen LogP contribution in [0.1, 0.15) is 52.3 Å². The third kappa shape index (κ3) is 6.57. The number of thiazole rings is 1. The van der Waals surface area contributed by atoms with Crippen LogP contribution in [0, 0.1) is 19.7 Å². The molecular weight excluding hydrogens is 467 g/mol. The van der Waals surface area contributed by atoms with Crippen LogP contribution in [0.25, 0.3) is 0 Å². The van der Waals surface area contributed by atoms with Gasteiger partial charge in [0.05, 0.1) is 6.04 Å². The number of para-hydroxylation sites is 1. The zero-order valence-corrected chi connectivity index (χ0v) is 20.6. The minimum atomic E-state index is -0.445. The second kappa shape index (κ2) is 11.3. The number of halogens is 1. The third-order valence-electron chi connectivity index (χ3n) is 6.00. The van der Waals surface area contributed by atoms with Crippen molar-refractivity contribution >= 4 is 29.0 Å². The second-order valence-electron chi connectivity index (χ2n) is 8.73. The minimum Gasteiger partial charge on any atom is -0.483 e. The number of benzene rings is 2. The quantitative estimate of drug-likeness (QED) is 0.412. The number of anilines is 1. The second-order valence-corrected chi connectivity index (χ2v) is 9.68. The lowest BCUT2D eigenvalue weighted by Crippen LogP contribution is -2.54. The number of nitrogens with one attached hydrogen (secondary N) is 3. The van der Waals surface area contributed by atoms with Crippen LogP contribution in [0.5, 0.6) is 5.75 Å². The van der Waals surface area contributed by atoms with Crippen LogP contribution < -0.4 is 20.7 Å². The lowest BCUT2D eigenvalue weighted by Gasteiger charge is -2.32. The van der Waals surface area contributed by atoms with Crippen LogP contribution in [-0.4, -0.2) is 29.0 Å². The van der Waals surface area contributed by atoms with Crippen LogP contribution in [0.3, 0.4) is 0 Å². The molecule has 9 heteroatoms. The van der Waals surface area contributed by atoms with Gasteiger partial charge in [-0.25, -0.2) is 14.2 Å². The van der Waals surface area contributed by atoms with Crippen molar-refractivity contribution in [2.75, 3.05) is 5.32 Å². The van der Waals surface area contributed by atoms with Crippen molar-refractivity contribution in [2.24, 2.45) is 0 Å². The molecule has 0 unspecified atom stereocenters. The van der Waals surface area contributed by atoms with E-state index in [1.54, 1.807) is 23.6 Å². The van der Waals surface area contributed by atoms with Crippen molar-refractivity contribution in [1.29, 1.82) is 0 Å². The van der Waals surface area contributed by atoms with Gasteiger partial charge in [0.25, 0.3) is 5.91 Å². The molecule has 0 aliphatic heterocycles. The molecule has 0 spiro atoms. The highest BCUT2D eigenvalue weighted by Crippen LogP contribution is 2.22. The highest BCUT2D eigenvalue weighted by molar-refractivity contribution is 7.09. The number of carbonyl (C=O) groups excluding carboxylic acids is 2. The summed E-state index contributed by atoms with van der Waals surface area (Å²) in [5.41, 5.74) is 3.17. The average molecular weight is 497 g/mol. The van der Waals surface area contributed by atoms with Crippen LogP contribution in [0.15, 0.2) is 47.8 Å². The molecule has 1 fully saturated rings. The van der Waals surface area contributed by atoms with E-state index in [1.807, 2.05) is 32.0 Å². The summed E-state index contributed by atoms with van der Waals surface area (Å²) in [4.78, 5) is 29.8. The Morgan fingerprint density at radius 1 is 1.09 bits per heavy atom. The Morgan fingerprint density at radius 2 is 1.83 bits per heavy atom. The minimum absolute atomic E-state index is 0.0745. The largest absolute Gasteiger partial charge is 0.483 e. The van der Waals surface area contributed by atoms with Gasteiger partial charge in [0, 0.05) is 17.1 Å². The Labute approximate surface area is 208 Å². The molecule has 1 heterocycles. The molecule has 184 valence electrons. The van der Waals surface area contributed by atoms with E-state index in [-0.39, 0.29) is 42.1 Å². The molecule has 2 aromatic carbocycles. The number of hydrogen-bond acceptors (Lipinski definition) is 5. The van der Waals surface area contributed by atoms with Gasteiger partial charge >= 0.3 is 6.03 Å². The Morgan fingerprint density at radius 3 is 2.57 bits per heavy atom. The topological polar surface area (TPSA) is 92.4 Å². The van der Waals surface area contributed by atoms with E-state index >= 15 is 0 Å². The van der Waals surface area contributed by atoms with Crippen LogP contribution >= 0.6 is 11.3 Å². The molecule has 3 amide bonds. The van der Waals surface area contributed by atoms with E-state index in [2.05, 4.69) is 20.9 Å². The van der Waals surface area contributed by atoms with Gasteiger partial charge in [-0.1, -0.05) is 42.7 Å². The van der Waals surface area contributed by atoms with Gasteiger partial charge in [-0.15, -0.1) is 11.3 Å². The van der Waals surface area contributed by atoms with Gasteiger partial charge in [0.1, 0.15) is 17.3 Å². The fraction of sp³-hybridized carbons (Fsp3) is 0.346. The van der Waals surface area contributed by atoms with Crippen LogP contribution in [0.2, 0.25) is 0 Å². The first kappa shape index (κ1) is 24.7. The first-order valence-corrected chi connectivity index (χ1v) is 12.5. The Kier molecular flexibility index (Phi) is 7.97. The first-order chi connectivity index (χ1) is 16.9. The van der Waals surface area contributed by atoms with Crippen molar-refractivity contribution in [3.8, 4) is 5.75 Å². The normalized spacial score (nSPS) is 17.5. The molecule has 1 aliphatic rings. The maximum atomic E-state index is 13.7. The molecule has 1 saturated carbocycles. The summed E-state index contributed by atoms with van der Waals surface area (Å²) in [6.45, 7) is 4.04. The van der Waals surface area contributed by atoms with Crippen LogP contribution in [0.4, 0.5) is 14.9 Å². The number of aryl methyl sites for hydroxylation is 2. The highest BCUT2D eigenvalue weighted by Gasteiger charge is 2.29. The molecule has 2 atom stereocenters. The molecule has 1 aliphatic carbocycles. The maximum Gasteiger partial charge on any atom is 0.319 e. The molecular formula is C26H29FN4O3S. The third-order valence-corrected chi connectivity index (χ3v) is 6.82. The fourth-order valence-electron chi connectivity index (χ4n) is 4.18. The smallest absolute Gasteiger partial charge is 0.319 e. The SMILES string of the molecule is Cc1ccc(NC(=O)N[C@@H]2CCCC[C@@H]2NC(=O)c2csc(COc3ccccc3F)n2)c(C)c1. The number of hydrogen-bond donors (Lipinski definition) is 3. The fourth-order valence-corrected chi connectivity index (χ4v) is 4.87. The van der Waals surface area contributed by atoms with Gasteiger partial charge in [0.2, 0.25) is 0 Å². The zero-order valence-electron chi connectivity index (χ0n) is 19.8. The summed E-state index contributed by atoms with van der Waals surface area (Å²) in [5.74, 6) is -0.602. The first-order valence-electron chi connectivity index (χ1n) is 11.7. The lowest BCUT2D eigenvalue weighted by molar-refractivity contribution is 0.0911. The predicted octanol–water partition coefficient (Wildman–Crippen LogP) is 5.34. The molecule has 0 saturated heterocycles. The number of urea groups is 1. The van der Waals surface area contributed by atoms with Gasteiger partial charge in [-0.3, -0.25) is 4.79 Å². The highest BCUT2D eigenvalue weighted by atomic mass is 32.1. The Hall–Kier alpha value is -3.46. The van der Waals surface area contributed by atoms with Gasteiger partial charge in [-0.05, 0) is 50.5 Å². The van der Waals surface area contributed by atoms with E-state index < -0.39 is 5.82 Å². The summed E-state index contributed by atoms with van der Waals surface area (Å²) in [5, 5.41) is 11.2. The maximum absolute atomic E-state index is 13.7. The van der Waals surface area contributed by atoms with Gasteiger partial charge < -0.3 is 20.7 Å². The number of aromatic nitrogens is 1. The summed E-state index contributed by atoms with van der Waals surface area (Å²) >= 11 is 1.28. The lowest BCUT2D eigenvalue weighted by atomic mass is 9.90. The monoisotopic (exact) mass is 496 g/mol. The summed E-state index contributed by atoms with van der Waals surface area (Å²) < 4.78 is 19.2. The summed E-state index contributed by atoms with van der Waals surface area (Å²) in [6.07, 6.45) is 3.51. The van der Waals surface area contributed by atoms with Crippen LogP contribution in [-0.2, 0) is 6.61 Å². The zero-order chi connectivity index (χ0) is 24.8. The molecule has 3 aromatic rings. The standard InChI is InChI=1S/C26H29FN4O3S/c1-16-11-12-19(17(2)13-16)30-26(33)31-21-9-5-4-8-20(21)29-25(32)22-15-35-24(28-22)14-34-23-10-6-3-7-18(23)27/h3,6-7,10-13,15,20-21H,4-5,8-9,14H2,1-2H3,(H,29,32)(H2,30,31,33)/t20-,21+/m0/s1. The molecule has 35 heavy (non-hydrogen) atoms. The number of rotatable bonds is 7. The number of amides is 3. The summed E-state index contributed by atoms with van der Waals surface area (Å²) in [7, 11) is 0. The van der Waals surface area contributed by atoms with Crippen molar-refractivity contribution < 1.29 is 18.7 Å². The molecule has 3 N–H and O–H groups in total. The van der Waals surface area contributed by atoms with E-state index in [0.717, 1.165) is 42.5 Å². The van der Waals surface area contributed by atoms with Gasteiger partial charge in [0.15, 0.2) is 11.6 Å². The Bertz CT molecular complexity index is 1200. The number of ether oxygens (including phenoxy) is 1. The molecule has 4 rings (SSSR count). The van der Waals surface area contributed by atoms with Crippen molar-refractivity contribution in [3.63, 3.8) is 0 Å². The Balaban J connectivity index is 1.32. The van der Waals surface area contributed by atoms with E-state index in [0.29, 0.717) is 5.01 Å². The number of nitrogens with zero attached hydrogens (tertiary/aromatic N) is 1. The van der Waals surface area contributed by atoms with E-state index in [1.165, 1.54) is 17.4 Å². The van der Waals surface area contributed by atoms with E-state index in [9.17, 15) is 14.0 Å². The predicted molar refractivity (Wildman–Crippen MR) is 134 cm³/mol. The summed E-state index contributed by atoms with van der Waals surface area (Å²) in [6, 6.07) is 11.4. The average Bonchev–Trinajstić information content (AvgIpc) is 3.31. The number of carbonyl (C=O) groups is 2. The van der Waals surface area contributed by atoms with E-state index in [4.69, 9.17) is 4.74 Å². The molecule has 0 radical (unpaired) electrons. The molecule has 7 nitrogen and oxygen atoms in total. The molecule has 0 bridgehead atoms. The van der Waals surface area contributed by atoms with Gasteiger partial charge in [-0.2, -0.15) is 0 Å². The van der Waals surface area contributed by atoms with Crippen molar-refractivity contribution in [1.82, 2.24) is 15.6 Å². The van der Waals surface area contributed by atoms with Crippen molar-refractivity contribution in [3.05, 3.63) is 75.5 Å². The van der Waals surface area contributed by atoms with Crippen molar-refractivity contribution in [2.45, 2.75) is 58.2 Å². The molecule has 1 aromatic heterocycles.